The summed E-state index contributed by atoms with van der Waals surface area (Å²) in [5.74, 6) is -0.163. The molecule has 1 saturated heterocycles. The highest BCUT2D eigenvalue weighted by atomic mass is 16.6. The number of ketones is 1. The lowest BCUT2D eigenvalue weighted by molar-refractivity contribution is -0.140. The van der Waals surface area contributed by atoms with Crippen molar-refractivity contribution in [3.63, 3.8) is 0 Å². The monoisotopic (exact) mass is 451 g/mol. The first-order valence-corrected chi connectivity index (χ1v) is 10.6. The summed E-state index contributed by atoms with van der Waals surface area (Å²) in [7, 11) is 1.52. The number of ether oxygens (including phenoxy) is 4. The first kappa shape index (κ1) is 22.4. The first-order chi connectivity index (χ1) is 16.0. The van der Waals surface area contributed by atoms with E-state index in [2.05, 4.69) is 6.58 Å². The van der Waals surface area contributed by atoms with E-state index in [1.807, 2.05) is 0 Å². The smallest absolute Gasteiger partial charge is 0.295 e. The van der Waals surface area contributed by atoms with Crippen molar-refractivity contribution in [3.05, 3.63) is 71.8 Å². The summed E-state index contributed by atoms with van der Waals surface area (Å²) in [5, 5.41) is 11.2. The lowest BCUT2D eigenvalue weighted by Crippen LogP contribution is -2.32. The number of benzene rings is 2. The Morgan fingerprint density at radius 1 is 1.18 bits per heavy atom. The van der Waals surface area contributed by atoms with Gasteiger partial charge >= 0.3 is 0 Å². The molecule has 8 nitrogen and oxygen atoms in total. The molecule has 2 aromatic carbocycles. The first-order valence-electron chi connectivity index (χ1n) is 10.6. The van der Waals surface area contributed by atoms with Crippen molar-refractivity contribution in [1.82, 2.24) is 4.90 Å². The van der Waals surface area contributed by atoms with Crippen LogP contribution in [0.25, 0.3) is 5.76 Å². The van der Waals surface area contributed by atoms with Gasteiger partial charge in [-0.15, -0.1) is 0 Å². The minimum Gasteiger partial charge on any atom is -0.507 e. The summed E-state index contributed by atoms with van der Waals surface area (Å²) in [6, 6.07) is 11.2. The van der Waals surface area contributed by atoms with Crippen molar-refractivity contribution >= 4 is 17.4 Å². The van der Waals surface area contributed by atoms with Crippen LogP contribution in [0.2, 0.25) is 0 Å². The van der Waals surface area contributed by atoms with Crippen LogP contribution in [0.5, 0.6) is 17.2 Å². The number of nitrogens with zero attached hydrogens (tertiary/aromatic N) is 1. The maximum atomic E-state index is 13.1. The van der Waals surface area contributed by atoms with E-state index in [1.54, 1.807) is 48.5 Å². The van der Waals surface area contributed by atoms with Crippen molar-refractivity contribution in [2.45, 2.75) is 6.04 Å². The summed E-state index contributed by atoms with van der Waals surface area (Å²) < 4.78 is 21.9. The zero-order valence-electron chi connectivity index (χ0n) is 18.3. The van der Waals surface area contributed by atoms with E-state index in [9.17, 15) is 14.7 Å². The van der Waals surface area contributed by atoms with Crippen LogP contribution in [0.3, 0.4) is 0 Å². The summed E-state index contributed by atoms with van der Waals surface area (Å²) in [5.41, 5.74) is 0.979. The Kier molecular flexibility index (Phi) is 6.65. The number of methoxy groups -OCH3 is 1. The normalized spacial score (nSPS) is 18.9. The molecule has 1 atom stereocenters. The van der Waals surface area contributed by atoms with Crippen LogP contribution < -0.4 is 14.2 Å². The van der Waals surface area contributed by atoms with Crippen molar-refractivity contribution in [2.24, 2.45) is 0 Å². The highest BCUT2D eigenvalue weighted by molar-refractivity contribution is 6.46. The minimum atomic E-state index is -0.805. The van der Waals surface area contributed by atoms with E-state index >= 15 is 0 Å². The van der Waals surface area contributed by atoms with Crippen LogP contribution in [-0.4, -0.2) is 61.8 Å². The van der Waals surface area contributed by atoms with Gasteiger partial charge in [-0.2, -0.15) is 0 Å². The molecule has 0 radical (unpaired) electrons. The third kappa shape index (κ3) is 4.42. The van der Waals surface area contributed by atoms with E-state index in [-0.39, 0.29) is 24.5 Å². The molecule has 1 N–H and O–H groups in total. The molecule has 2 heterocycles. The van der Waals surface area contributed by atoms with Crippen molar-refractivity contribution < 1.29 is 33.6 Å². The molecule has 2 aliphatic rings. The SMILES string of the molecule is C=CCOc1cccc([C@@H]2C(=C(O)c3ccc4c(c3)OCCO4)C(=O)C(=O)N2CCOC)c1. The molecular weight excluding hydrogens is 426 g/mol. The molecule has 0 spiro atoms. The number of rotatable bonds is 8. The van der Waals surface area contributed by atoms with Gasteiger partial charge in [0, 0.05) is 19.2 Å². The quantitative estimate of drug-likeness (QED) is 0.285. The van der Waals surface area contributed by atoms with E-state index in [0.29, 0.717) is 48.2 Å². The fraction of sp³-hybridized carbons (Fsp3) is 0.280. The molecule has 8 heteroatoms. The average molecular weight is 451 g/mol. The molecule has 172 valence electrons. The third-order valence-electron chi connectivity index (χ3n) is 5.43. The van der Waals surface area contributed by atoms with Gasteiger partial charge in [-0.3, -0.25) is 9.59 Å². The van der Waals surface area contributed by atoms with Crippen LogP contribution in [0.1, 0.15) is 17.2 Å². The highest BCUT2D eigenvalue weighted by Crippen LogP contribution is 2.41. The van der Waals surface area contributed by atoms with Crippen LogP contribution in [-0.2, 0) is 14.3 Å². The number of hydrogen-bond acceptors (Lipinski definition) is 7. The number of likely N-dealkylation sites (tertiary alicyclic amines) is 1. The molecule has 2 aliphatic heterocycles. The molecule has 1 fully saturated rings. The van der Waals surface area contributed by atoms with Gasteiger partial charge in [0.25, 0.3) is 11.7 Å². The second-order valence-corrected chi connectivity index (χ2v) is 7.52. The fourth-order valence-corrected chi connectivity index (χ4v) is 3.92. The predicted octanol–water partition coefficient (Wildman–Crippen LogP) is 3.09. The average Bonchev–Trinajstić information content (AvgIpc) is 3.10. The predicted molar refractivity (Wildman–Crippen MR) is 120 cm³/mol. The number of carbonyl (C=O) groups excluding carboxylic acids is 2. The number of aliphatic hydroxyl groups excluding tert-OH is 1. The number of aliphatic hydroxyl groups is 1. The topological polar surface area (TPSA) is 94.5 Å². The van der Waals surface area contributed by atoms with Gasteiger partial charge in [-0.05, 0) is 35.9 Å². The van der Waals surface area contributed by atoms with Gasteiger partial charge < -0.3 is 29.0 Å². The van der Waals surface area contributed by atoms with E-state index < -0.39 is 17.7 Å². The zero-order valence-corrected chi connectivity index (χ0v) is 18.3. The van der Waals surface area contributed by atoms with Crippen LogP contribution in [0, 0.1) is 0 Å². The van der Waals surface area contributed by atoms with Gasteiger partial charge in [0.2, 0.25) is 0 Å². The van der Waals surface area contributed by atoms with Gasteiger partial charge in [0.15, 0.2) is 11.5 Å². The van der Waals surface area contributed by atoms with E-state index in [1.165, 1.54) is 12.0 Å². The fourth-order valence-electron chi connectivity index (χ4n) is 3.92. The lowest BCUT2D eigenvalue weighted by Gasteiger charge is -2.25. The Hall–Kier alpha value is -3.78. The minimum absolute atomic E-state index is 0.00588. The van der Waals surface area contributed by atoms with Crippen LogP contribution >= 0.6 is 0 Å². The second kappa shape index (κ2) is 9.79. The van der Waals surface area contributed by atoms with E-state index in [0.717, 1.165) is 0 Å². The molecule has 0 aliphatic carbocycles. The van der Waals surface area contributed by atoms with Crippen LogP contribution in [0.4, 0.5) is 0 Å². The molecule has 4 rings (SSSR count). The molecule has 33 heavy (non-hydrogen) atoms. The third-order valence-corrected chi connectivity index (χ3v) is 5.43. The van der Waals surface area contributed by atoms with Gasteiger partial charge in [0.1, 0.15) is 31.3 Å². The van der Waals surface area contributed by atoms with Gasteiger partial charge in [-0.1, -0.05) is 24.8 Å². The summed E-state index contributed by atoms with van der Waals surface area (Å²) in [6.45, 7) is 5.20. The number of carbonyl (C=O) groups is 2. The molecular formula is C25H25NO7. The molecule has 0 aromatic heterocycles. The van der Waals surface area contributed by atoms with Crippen molar-refractivity contribution in [1.29, 1.82) is 0 Å². The van der Waals surface area contributed by atoms with Crippen molar-refractivity contribution in [2.75, 3.05) is 40.1 Å². The lowest BCUT2D eigenvalue weighted by atomic mass is 9.95. The summed E-state index contributed by atoms with van der Waals surface area (Å²) in [6.07, 6.45) is 1.62. The molecule has 2 aromatic rings. The number of Topliss-reactive ketones (excluding diaryl/α,β-unsaturated/α-hetero) is 1. The molecule has 0 bridgehead atoms. The van der Waals surface area contributed by atoms with Gasteiger partial charge in [-0.25, -0.2) is 0 Å². The second-order valence-electron chi connectivity index (χ2n) is 7.52. The Bertz CT molecular complexity index is 1110. The maximum Gasteiger partial charge on any atom is 0.295 e. The maximum absolute atomic E-state index is 13.1. The number of hydrogen-bond donors (Lipinski definition) is 1. The molecule has 0 saturated carbocycles. The molecule has 0 unspecified atom stereocenters. The molecule has 1 amide bonds. The Morgan fingerprint density at radius 2 is 1.97 bits per heavy atom. The van der Waals surface area contributed by atoms with E-state index in [4.69, 9.17) is 18.9 Å². The van der Waals surface area contributed by atoms with Gasteiger partial charge in [0.05, 0.1) is 18.2 Å². The summed E-state index contributed by atoms with van der Waals surface area (Å²) >= 11 is 0. The Morgan fingerprint density at radius 3 is 2.73 bits per heavy atom. The number of amides is 1. The van der Waals surface area contributed by atoms with Crippen LogP contribution in [0.15, 0.2) is 60.7 Å². The number of fused-ring (bicyclic) bond motifs is 1. The largest absolute Gasteiger partial charge is 0.507 e. The van der Waals surface area contributed by atoms with Crippen molar-refractivity contribution in [3.8, 4) is 17.2 Å². The standard InChI is InChI=1S/C25H25NO7/c1-3-10-31-18-6-4-5-16(14-18)22-21(24(28)25(29)26(22)9-11-30-2)23(27)17-7-8-19-20(15-17)33-13-12-32-19/h3-8,14-15,22,27H,1,9-13H2,2H3/t22-/m1/s1. The zero-order chi connectivity index (χ0) is 23.4. The summed E-state index contributed by atoms with van der Waals surface area (Å²) in [4.78, 5) is 27.4. The Balaban J connectivity index is 1.81. The Labute approximate surface area is 191 Å². The highest BCUT2D eigenvalue weighted by Gasteiger charge is 2.46.